The molecule has 0 spiro atoms. The molecule has 0 saturated carbocycles. The molecule has 0 heterocycles. The third-order valence-corrected chi connectivity index (χ3v) is 3.11. The number of carboxylic acids is 1. The molecule has 17 heavy (non-hydrogen) atoms. The summed E-state index contributed by atoms with van der Waals surface area (Å²) in [6.45, 7) is 0. The van der Waals surface area contributed by atoms with Gasteiger partial charge in [-0.15, -0.1) is 0 Å². The van der Waals surface area contributed by atoms with E-state index in [2.05, 4.69) is 15.9 Å². The van der Waals surface area contributed by atoms with Gasteiger partial charge >= 0.3 is 5.97 Å². The second-order valence-electron chi connectivity index (χ2n) is 3.73. The fourth-order valence-electron chi connectivity index (χ4n) is 1.78. The van der Waals surface area contributed by atoms with Gasteiger partial charge < -0.3 is 5.11 Å². The molecule has 0 bridgehead atoms. The van der Waals surface area contributed by atoms with E-state index >= 15 is 0 Å². The van der Waals surface area contributed by atoms with Gasteiger partial charge in [0.25, 0.3) is 0 Å². The van der Waals surface area contributed by atoms with Crippen molar-refractivity contribution in [1.29, 1.82) is 0 Å². The first-order valence-electron chi connectivity index (χ1n) is 5.21. The van der Waals surface area contributed by atoms with Crippen molar-refractivity contribution < 1.29 is 9.90 Å². The molecule has 0 aliphatic rings. The molecule has 1 atom stereocenters. The quantitative estimate of drug-likeness (QED) is 0.937. The third-order valence-electron chi connectivity index (χ3n) is 2.58. The van der Waals surface area contributed by atoms with Crippen molar-refractivity contribution in [3.63, 3.8) is 0 Å². The maximum Gasteiger partial charge on any atom is 0.315 e. The average molecular weight is 291 g/mol. The lowest BCUT2D eigenvalue weighted by Gasteiger charge is -2.13. The Kier molecular flexibility index (Phi) is 3.59. The van der Waals surface area contributed by atoms with E-state index < -0.39 is 11.9 Å². The summed E-state index contributed by atoms with van der Waals surface area (Å²) >= 11 is 3.34. The van der Waals surface area contributed by atoms with E-state index in [0.29, 0.717) is 0 Å². The van der Waals surface area contributed by atoms with Crippen LogP contribution in [0.3, 0.4) is 0 Å². The molecule has 0 aliphatic carbocycles. The summed E-state index contributed by atoms with van der Waals surface area (Å²) in [5.41, 5.74) is 1.58. The Labute approximate surface area is 108 Å². The highest BCUT2D eigenvalue weighted by Gasteiger charge is 2.21. The minimum absolute atomic E-state index is 0.607. The number of hydrogen-bond donors (Lipinski definition) is 1. The molecule has 0 saturated heterocycles. The van der Waals surface area contributed by atoms with Crippen molar-refractivity contribution in [2.45, 2.75) is 5.92 Å². The van der Waals surface area contributed by atoms with Crippen molar-refractivity contribution in [3.8, 4) is 0 Å². The molecule has 2 aromatic rings. The Morgan fingerprint density at radius 1 is 0.941 bits per heavy atom. The third kappa shape index (κ3) is 2.74. The molecule has 0 aromatic heterocycles. The van der Waals surface area contributed by atoms with Crippen LogP contribution >= 0.6 is 15.9 Å². The van der Waals surface area contributed by atoms with Crippen LogP contribution in [0.1, 0.15) is 17.0 Å². The Balaban J connectivity index is 2.43. The first-order valence-corrected chi connectivity index (χ1v) is 6.01. The molecule has 0 radical (unpaired) electrons. The zero-order chi connectivity index (χ0) is 12.3. The highest BCUT2D eigenvalue weighted by molar-refractivity contribution is 9.10. The summed E-state index contributed by atoms with van der Waals surface area (Å²) in [5.74, 6) is -1.44. The number of carboxylic acid groups (broad SMARTS) is 1. The van der Waals surface area contributed by atoms with E-state index in [9.17, 15) is 9.90 Å². The first kappa shape index (κ1) is 11.9. The van der Waals surface area contributed by atoms with E-state index in [1.54, 1.807) is 0 Å². The van der Waals surface area contributed by atoms with Crippen LogP contribution in [0, 0.1) is 0 Å². The van der Waals surface area contributed by atoms with E-state index in [4.69, 9.17) is 0 Å². The fourth-order valence-corrected chi connectivity index (χ4v) is 2.04. The van der Waals surface area contributed by atoms with Crippen molar-refractivity contribution in [2.75, 3.05) is 0 Å². The SMILES string of the molecule is O=C(O)[C@H](c1ccccc1)c1ccc(Br)cc1. The van der Waals surface area contributed by atoms with Gasteiger partial charge in [0.05, 0.1) is 0 Å². The first-order chi connectivity index (χ1) is 8.18. The Bertz CT molecular complexity index is 506. The van der Waals surface area contributed by atoms with Gasteiger partial charge in [-0.3, -0.25) is 4.79 Å². The van der Waals surface area contributed by atoms with Crippen LogP contribution in [-0.4, -0.2) is 11.1 Å². The Hall–Kier alpha value is -1.61. The lowest BCUT2D eigenvalue weighted by atomic mass is 9.92. The van der Waals surface area contributed by atoms with Gasteiger partial charge in [0, 0.05) is 4.47 Å². The highest BCUT2D eigenvalue weighted by Crippen LogP contribution is 2.26. The van der Waals surface area contributed by atoms with Gasteiger partial charge in [0.2, 0.25) is 0 Å². The van der Waals surface area contributed by atoms with Crippen molar-refractivity contribution in [1.82, 2.24) is 0 Å². The lowest BCUT2D eigenvalue weighted by Crippen LogP contribution is -2.12. The molecule has 86 valence electrons. The van der Waals surface area contributed by atoms with Gasteiger partial charge in [0.15, 0.2) is 0 Å². The molecule has 0 fully saturated rings. The molecule has 2 nitrogen and oxygen atoms in total. The van der Waals surface area contributed by atoms with Crippen LogP contribution in [-0.2, 0) is 4.79 Å². The molecule has 0 aliphatic heterocycles. The molecule has 0 unspecified atom stereocenters. The molecule has 0 amide bonds. The summed E-state index contributed by atoms with van der Waals surface area (Å²) in [6, 6.07) is 16.6. The van der Waals surface area contributed by atoms with Crippen molar-refractivity contribution in [3.05, 3.63) is 70.2 Å². The van der Waals surface area contributed by atoms with Gasteiger partial charge in [-0.1, -0.05) is 58.4 Å². The van der Waals surface area contributed by atoms with Crippen LogP contribution < -0.4 is 0 Å². The predicted octanol–water partition coefficient (Wildman–Crippen LogP) is 3.67. The molecule has 2 aromatic carbocycles. The number of rotatable bonds is 3. The zero-order valence-electron chi connectivity index (χ0n) is 9.01. The summed E-state index contributed by atoms with van der Waals surface area (Å²) in [6.07, 6.45) is 0. The second-order valence-corrected chi connectivity index (χ2v) is 4.65. The zero-order valence-corrected chi connectivity index (χ0v) is 10.6. The van der Waals surface area contributed by atoms with Gasteiger partial charge in [-0.2, -0.15) is 0 Å². The van der Waals surface area contributed by atoms with Crippen LogP contribution in [0.5, 0.6) is 0 Å². The molecular weight excluding hydrogens is 280 g/mol. The normalized spacial score (nSPS) is 12.1. The fraction of sp³-hybridized carbons (Fsp3) is 0.0714. The highest BCUT2D eigenvalue weighted by atomic mass is 79.9. The number of carbonyl (C=O) groups is 1. The minimum Gasteiger partial charge on any atom is -0.481 e. The Morgan fingerprint density at radius 2 is 1.47 bits per heavy atom. The van der Waals surface area contributed by atoms with Crippen LogP contribution in [0.2, 0.25) is 0 Å². The monoisotopic (exact) mass is 290 g/mol. The number of aliphatic carboxylic acids is 1. The average Bonchev–Trinajstić information content (AvgIpc) is 2.33. The maximum absolute atomic E-state index is 11.4. The van der Waals surface area contributed by atoms with Crippen LogP contribution in [0.4, 0.5) is 0 Å². The van der Waals surface area contributed by atoms with Gasteiger partial charge in [-0.05, 0) is 23.3 Å². The number of hydrogen-bond acceptors (Lipinski definition) is 1. The van der Waals surface area contributed by atoms with E-state index in [-0.39, 0.29) is 0 Å². The predicted molar refractivity (Wildman–Crippen MR) is 70.1 cm³/mol. The van der Waals surface area contributed by atoms with Crippen LogP contribution in [0.25, 0.3) is 0 Å². The summed E-state index contributed by atoms with van der Waals surface area (Å²) < 4.78 is 0.943. The molecule has 3 heteroatoms. The molecule has 1 N–H and O–H groups in total. The van der Waals surface area contributed by atoms with Crippen LogP contribution in [0.15, 0.2) is 59.1 Å². The number of halogens is 1. The smallest absolute Gasteiger partial charge is 0.315 e. The molecular formula is C14H11BrO2. The van der Waals surface area contributed by atoms with E-state index in [1.165, 1.54) is 0 Å². The minimum atomic E-state index is -0.835. The second kappa shape index (κ2) is 5.15. The number of benzene rings is 2. The summed E-state index contributed by atoms with van der Waals surface area (Å²) in [7, 11) is 0. The van der Waals surface area contributed by atoms with Crippen molar-refractivity contribution in [2.24, 2.45) is 0 Å². The van der Waals surface area contributed by atoms with E-state index in [0.717, 1.165) is 15.6 Å². The topological polar surface area (TPSA) is 37.3 Å². The summed E-state index contributed by atoms with van der Waals surface area (Å²) in [4.78, 5) is 11.4. The summed E-state index contributed by atoms with van der Waals surface area (Å²) in [5, 5.41) is 9.34. The van der Waals surface area contributed by atoms with Gasteiger partial charge in [0.1, 0.15) is 5.92 Å². The van der Waals surface area contributed by atoms with E-state index in [1.807, 2.05) is 54.6 Å². The lowest BCUT2D eigenvalue weighted by molar-refractivity contribution is -0.137. The largest absolute Gasteiger partial charge is 0.481 e. The standard InChI is InChI=1S/C14H11BrO2/c15-12-8-6-11(7-9-12)13(14(16)17)10-4-2-1-3-5-10/h1-9,13H,(H,16,17)/t13-/m1/s1. The van der Waals surface area contributed by atoms with Gasteiger partial charge in [-0.25, -0.2) is 0 Å². The molecule has 2 rings (SSSR count). The maximum atomic E-state index is 11.4. The van der Waals surface area contributed by atoms with Crippen molar-refractivity contribution >= 4 is 21.9 Å². The Morgan fingerprint density at radius 3 is 2.00 bits per heavy atom.